The monoisotopic (exact) mass is 319 g/mol. The van der Waals surface area contributed by atoms with Crippen molar-refractivity contribution in [3.05, 3.63) is 59.7 Å². The van der Waals surface area contributed by atoms with Gasteiger partial charge in [-0.1, -0.05) is 30.3 Å². The molecule has 0 radical (unpaired) electrons. The van der Waals surface area contributed by atoms with Gasteiger partial charge in [0, 0.05) is 12.3 Å². The van der Waals surface area contributed by atoms with Gasteiger partial charge in [0.25, 0.3) is 0 Å². The molecule has 120 valence electrons. The van der Waals surface area contributed by atoms with Gasteiger partial charge < -0.3 is 5.32 Å². The standard InChI is InChI=1S/C18H17N5O/c1-12-10-17(23-19-11-14-6-4-3-5-7-14)22-18-15(12)8-9-16(21-18)20-13(2)24/h3-11H,1-2H3,(H2,20,21,22,23,24)/b19-11+. The van der Waals surface area contributed by atoms with Gasteiger partial charge in [0.2, 0.25) is 5.91 Å². The zero-order valence-corrected chi connectivity index (χ0v) is 13.4. The van der Waals surface area contributed by atoms with Crippen molar-refractivity contribution in [2.45, 2.75) is 13.8 Å². The molecular weight excluding hydrogens is 302 g/mol. The molecule has 3 aromatic rings. The Balaban J connectivity index is 1.85. The Kier molecular flexibility index (Phi) is 4.47. The minimum Gasteiger partial charge on any atom is -0.311 e. The molecule has 2 heterocycles. The predicted octanol–water partition coefficient (Wildman–Crippen LogP) is 3.34. The molecule has 0 atom stereocenters. The highest BCUT2D eigenvalue weighted by Gasteiger charge is 2.06. The summed E-state index contributed by atoms with van der Waals surface area (Å²) < 4.78 is 0. The fourth-order valence-corrected chi connectivity index (χ4v) is 2.29. The number of hydrogen-bond acceptors (Lipinski definition) is 5. The van der Waals surface area contributed by atoms with Crippen molar-refractivity contribution in [1.29, 1.82) is 0 Å². The SMILES string of the molecule is CC(=O)Nc1ccc2c(C)cc(N/N=C/c3ccccc3)nc2n1. The molecule has 0 bridgehead atoms. The molecule has 0 fully saturated rings. The Hall–Kier alpha value is -3.28. The summed E-state index contributed by atoms with van der Waals surface area (Å²) in [6.07, 6.45) is 1.72. The van der Waals surface area contributed by atoms with E-state index in [0.29, 0.717) is 17.3 Å². The van der Waals surface area contributed by atoms with Crippen LogP contribution in [0.25, 0.3) is 11.0 Å². The summed E-state index contributed by atoms with van der Waals surface area (Å²) in [4.78, 5) is 20.0. The van der Waals surface area contributed by atoms with Crippen molar-refractivity contribution in [3.63, 3.8) is 0 Å². The van der Waals surface area contributed by atoms with Crippen LogP contribution in [0.5, 0.6) is 0 Å². The minimum absolute atomic E-state index is 0.166. The number of nitrogens with zero attached hydrogens (tertiary/aromatic N) is 3. The molecule has 0 aliphatic rings. The van der Waals surface area contributed by atoms with Gasteiger partial charge in [0.1, 0.15) is 11.6 Å². The van der Waals surface area contributed by atoms with Gasteiger partial charge in [-0.3, -0.25) is 10.2 Å². The molecule has 24 heavy (non-hydrogen) atoms. The maximum absolute atomic E-state index is 11.2. The summed E-state index contributed by atoms with van der Waals surface area (Å²) in [5, 5.41) is 7.79. The van der Waals surface area contributed by atoms with Crippen LogP contribution in [0.1, 0.15) is 18.1 Å². The van der Waals surface area contributed by atoms with E-state index in [1.807, 2.05) is 49.4 Å². The van der Waals surface area contributed by atoms with Crippen LogP contribution in [0.3, 0.4) is 0 Å². The topological polar surface area (TPSA) is 79.3 Å². The molecule has 3 rings (SSSR count). The first kappa shape index (κ1) is 15.6. The Bertz CT molecular complexity index is 906. The highest BCUT2D eigenvalue weighted by molar-refractivity contribution is 5.90. The second kappa shape index (κ2) is 6.87. The van der Waals surface area contributed by atoms with Crippen molar-refractivity contribution in [3.8, 4) is 0 Å². The third-order valence-corrected chi connectivity index (χ3v) is 3.38. The van der Waals surface area contributed by atoms with Crippen molar-refractivity contribution in [2.24, 2.45) is 5.10 Å². The largest absolute Gasteiger partial charge is 0.311 e. The molecular formula is C18H17N5O. The van der Waals surface area contributed by atoms with E-state index in [9.17, 15) is 4.79 Å². The molecule has 0 aliphatic carbocycles. The first-order valence-electron chi connectivity index (χ1n) is 7.52. The summed E-state index contributed by atoms with van der Waals surface area (Å²) in [6.45, 7) is 3.43. The summed E-state index contributed by atoms with van der Waals surface area (Å²) in [5.74, 6) is 0.909. The van der Waals surface area contributed by atoms with Gasteiger partial charge in [-0.2, -0.15) is 5.10 Å². The van der Waals surface area contributed by atoms with E-state index in [-0.39, 0.29) is 5.91 Å². The van der Waals surface area contributed by atoms with Gasteiger partial charge in [0.15, 0.2) is 5.65 Å². The Morgan fingerprint density at radius 3 is 2.58 bits per heavy atom. The van der Waals surface area contributed by atoms with Crippen LogP contribution in [0, 0.1) is 6.92 Å². The molecule has 0 saturated heterocycles. The number of rotatable bonds is 4. The number of amides is 1. The molecule has 1 aromatic carbocycles. The molecule has 6 nitrogen and oxygen atoms in total. The van der Waals surface area contributed by atoms with Crippen LogP contribution in [0.2, 0.25) is 0 Å². The lowest BCUT2D eigenvalue weighted by Gasteiger charge is -2.07. The number of benzene rings is 1. The van der Waals surface area contributed by atoms with Crippen LogP contribution in [0.15, 0.2) is 53.6 Å². The van der Waals surface area contributed by atoms with Crippen molar-refractivity contribution in [2.75, 3.05) is 10.7 Å². The lowest BCUT2D eigenvalue weighted by atomic mass is 10.2. The number of aromatic nitrogens is 2. The quantitative estimate of drug-likeness (QED) is 0.571. The predicted molar refractivity (Wildman–Crippen MR) is 96.2 cm³/mol. The van der Waals surface area contributed by atoms with E-state index >= 15 is 0 Å². The van der Waals surface area contributed by atoms with Gasteiger partial charge >= 0.3 is 0 Å². The van der Waals surface area contributed by atoms with E-state index in [1.165, 1.54) is 6.92 Å². The van der Waals surface area contributed by atoms with E-state index in [4.69, 9.17) is 0 Å². The van der Waals surface area contributed by atoms with Crippen LogP contribution in [-0.2, 0) is 4.79 Å². The Morgan fingerprint density at radius 1 is 1.08 bits per heavy atom. The number of hydrazone groups is 1. The van der Waals surface area contributed by atoms with E-state index < -0.39 is 0 Å². The second-order valence-corrected chi connectivity index (χ2v) is 5.35. The number of carbonyl (C=O) groups is 1. The van der Waals surface area contributed by atoms with E-state index in [1.54, 1.807) is 12.3 Å². The molecule has 0 saturated carbocycles. The fourth-order valence-electron chi connectivity index (χ4n) is 2.29. The number of nitrogens with one attached hydrogen (secondary N) is 2. The van der Waals surface area contributed by atoms with Gasteiger partial charge in [-0.25, -0.2) is 9.97 Å². The molecule has 6 heteroatoms. The lowest BCUT2D eigenvalue weighted by Crippen LogP contribution is -2.07. The Morgan fingerprint density at radius 2 is 1.83 bits per heavy atom. The lowest BCUT2D eigenvalue weighted by molar-refractivity contribution is -0.114. The number of fused-ring (bicyclic) bond motifs is 1. The summed E-state index contributed by atoms with van der Waals surface area (Å²) in [7, 11) is 0. The summed E-state index contributed by atoms with van der Waals surface area (Å²) in [6, 6.07) is 15.4. The van der Waals surface area contributed by atoms with Crippen LogP contribution in [-0.4, -0.2) is 22.1 Å². The van der Waals surface area contributed by atoms with Crippen LogP contribution < -0.4 is 10.7 Å². The Labute approximate surface area is 139 Å². The first-order chi connectivity index (χ1) is 11.6. The van der Waals surface area contributed by atoms with E-state index in [0.717, 1.165) is 16.5 Å². The highest BCUT2D eigenvalue weighted by Crippen LogP contribution is 2.20. The smallest absolute Gasteiger partial charge is 0.222 e. The zero-order valence-electron chi connectivity index (χ0n) is 13.4. The molecule has 0 spiro atoms. The van der Waals surface area contributed by atoms with Crippen LogP contribution >= 0.6 is 0 Å². The average molecular weight is 319 g/mol. The fraction of sp³-hybridized carbons (Fsp3) is 0.111. The van der Waals surface area contributed by atoms with Gasteiger partial charge in [0.05, 0.1) is 6.21 Å². The number of carbonyl (C=O) groups excluding carboxylic acids is 1. The minimum atomic E-state index is -0.166. The maximum Gasteiger partial charge on any atom is 0.222 e. The highest BCUT2D eigenvalue weighted by atomic mass is 16.1. The van der Waals surface area contributed by atoms with Crippen molar-refractivity contribution in [1.82, 2.24) is 9.97 Å². The second-order valence-electron chi connectivity index (χ2n) is 5.35. The van der Waals surface area contributed by atoms with Gasteiger partial charge in [-0.15, -0.1) is 0 Å². The number of anilines is 2. The third-order valence-electron chi connectivity index (χ3n) is 3.38. The number of pyridine rings is 2. The van der Waals surface area contributed by atoms with E-state index in [2.05, 4.69) is 25.8 Å². The number of hydrogen-bond donors (Lipinski definition) is 2. The third kappa shape index (κ3) is 3.73. The van der Waals surface area contributed by atoms with Crippen molar-refractivity contribution < 1.29 is 4.79 Å². The normalized spacial score (nSPS) is 10.9. The first-order valence-corrected chi connectivity index (χ1v) is 7.52. The maximum atomic E-state index is 11.2. The summed E-state index contributed by atoms with van der Waals surface area (Å²) >= 11 is 0. The summed E-state index contributed by atoms with van der Waals surface area (Å²) in [5.41, 5.74) is 5.49. The molecule has 0 unspecified atom stereocenters. The molecule has 1 amide bonds. The molecule has 0 aliphatic heterocycles. The van der Waals surface area contributed by atoms with Crippen molar-refractivity contribution >= 4 is 34.8 Å². The van der Waals surface area contributed by atoms with Gasteiger partial charge in [-0.05, 0) is 36.2 Å². The molecule has 2 N–H and O–H groups in total. The zero-order chi connectivity index (χ0) is 16.9. The average Bonchev–Trinajstić information content (AvgIpc) is 2.55. The molecule has 2 aromatic heterocycles. The van der Waals surface area contributed by atoms with Crippen LogP contribution in [0.4, 0.5) is 11.6 Å². The number of aryl methyl sites for hydroxylation is 1.